The Morgan fingerprint density at radius 3 is 2.46 bits per heavy atom. The molecule has 8 nitrogen and oxygen atoms in total. The molecule has 2 N–H and O–H groups in total. The summed E-state index contributed by atoms with van der Waals surface area (Å²) in [7, 11) is 0. The summed E-state index contributed by atoms with van der Waals surface area (Å²) in [6.07, 6.45) is 1.58. The predicted octanol–water partition coefficient (Wildman–Crippen LogP) is 4.00. The van der Waals surface area contributed by atoms with Crippen LogP contribution in [-0.2, 0) is 0 Å². The molecule has 0 amide bonds. The molecule has 8 heteroatoms. The average Bonchev–Trinajstić information content (AvgIpc) is 3.02. The van der Waals surface area contributed by atoms with Crippen LogP contribution in [0.2, 0.25) is 0 Å². The number of imidazole rings is 1. The summed E-state index contributed by atoms with van der Waals surface area (Å²) in [5.74, 6) is -1.31. The lowest BCUT2D eigenvalue weighted by Gasteiger charge is -2.20. The van der Waals surface area contributed by atoms with Crippen LogP contribution in [0, 0.1) is 0 Å². The second-order valence-corrected chi connectivity index (χ2v) is 5.56. The molecule has 0 unspecified atom stereocenters. The molecular weight excluding hydrogens is 334 g/mol. The van der Waals surface area contributed by atoms with E-state index < -0.39 is 5.97 Å². The molecule has 0 aliphatic heterocycles. The minimum atomic E-state index is -1.24. The Balaban J connectivity index is 1.97. The molecule has 0 aliphatic rings. The standard InChI is InChI=1S/C18H19N5O3/c1-3-22(4-2)13-9-7-12(8-10-13)20-21-17-15(18(25)26)19-16-14(24)6-5-11-23(16)17/h5-11,24H,3-4H2,1-2H3,(H,25,26). The first-order valence-corrected chi connectivity index (χ1v) is 8.25. The second kappa shape index (κ2) is 7.22. The zero-order valence-corrected chi connectivity index (χ0v) is 14.5. The molecule has 0 radical (unpaired) electrons. The minimum Gasteiger partial charge on any atom is -0.504 e. The summed E-state index contributed by atoms with van der Waals surface area (Å²) in [4.78, 5) is 17.6. The molecule has 0 atom stereocenters. The van der Waals surface area contributed by atoms with E-state index in [9.17, 15) is 15.0 Å². The number of carboxylic acid groups (broad SMARTS) is 1. The maximum absolute atomic E-state index is 11.4. The van der Waals surface area contributed by atoms with E-state index in [4.69, 9.17) is 0 Å². The van der Waals surface area contributed by atoms with Crippen molar-refractivity contribution in [1.82, 2.24) is 9.38 Å². The van der Waals surface area contributed by atoms with Crippen LogP contribution in [-0.4, -0.2) is 38.7 Å². The molecule has 0 fully saturated rings. The highest BCUT2D eigenvalue weighted by atomic mass is 16.4. The van der Waals surface area contributed by atoms with E-state index in [1.54, 1.807) is 12.3 Å². The van der Waals surface area contributed by atoms with Gasteiger partial charge in [-0.25, -0.2) is 9.78 Å². The normalized spacial score (nSPS) is 11.3. The highest BCUT2D eigenvalue weighted by molar-refractivity contribution is 5.92. The first-order chi connectivity index (χ1) is 12.5. The molecule has 0 spiro atoms. The molecule has 0 saturated heterocycles. The Hall–Kier alpha value is -3.42. The van der Waals surface area contributed by atoms with E-state index in [0.717, 1.165) is 18.8 Å². The summed E-state index contributed by atoms with van der Waals surface area (Å²) in [6.45, 7) is 5.99. The summed E-state index contributed by atoms with van der Waals surface area (Å²) in [5.41, 5.74) is 1.53. The first-order valence-electron chi connectivity index (χ1n) is 8.25. The Kier molecular flexibility index (Phi) is 4.83. The number of hydrogen-bond donors (Lipinski definition) is 2. The lowest BCUT2D eigenvalue weighted by molar-refractivity contribution is 0.0692. The fourth-order valence-corrected chi connectivity index (χ4v) is 2.70. The molecule has 1 aromatic carbocycles. The van der Waals surface area contributed by atoms with Crippen LogP contribution in [0.5, 0.6) is 5.75 Å². The largest absolute Gasteiger partial charge is 0.504 e. The number of aromatic hydroxyl groups is 1. The summed E-state index contributed by atoms with van der Waals surface area (Å²) in [6, 6.07) is 10.5. The van der Waals surface area contributed by atoms with Gasteiger partial charge in [-0.3, -0.25) is 4.40 Å². The van der Waals surface area contributed by atoms with Crippen molar-refractivity contribution < 1.29 is 15.0 Å². The molecular formula is C18H19N5O3. The van der Waals surface area contributed by atoms with Crippen molar-refractivity contribution in [1.29, 1.82) is 0 Å². The van der Waals surface area contributed by atoms with E-state index in [0.29, 0.717) is 5.69 Å². The Morgan fingerprint density at radius 1 is 1.15 bits per heavy atom. The van der Waals surface area contributed by atoms with E-state index in [1.165, 1.54) is 10.5 Å². The monoisotopic (exact) mass is 353 g/mol. The summed E-state index contributed by atoms with van der Waals surface area (Å²) in [5, 5.41) is 27.4. The van der Waals surface area contributed by atoms with Gasteiger partial charge in [0.1, 0.15) is 0 Å². The number of rotatable bonds is 6. The van der Waals surface area contributed by atoms with Gasteiger partial charge in [0, 0.05) is 25.0 Å². The Bertz CT molecular complexity index is 959. The number of carbonyl (C=O) groups is 1. The smallest absolute Gasteiger partial charge is 0.358 e. The number of azo groups is 1. The van der Waals surface area contributed by atoms with E-state index in [-0.39, 0.29) is 22.9 Å². The van der Waals surface area contributed by atoms with Crippen LogP contribution in [0.15, 0.2) is 52.8 Å². The highest BCUT2D eigenvalue weighted by Gasteiger charge is 2.19. The van der Waals surface area contributed by atoms with Gasteiger partial charge in [0.15, 0.2) is 22.9 Å². The fraction of sp³-hybridized carbons (Fsp3) is 0.222. The second-order valence-electron chi connectivity index (χ2n) is 5.56. The average molecular weight is 353 g/mol. The maximum Gasteiger partial charge on any atom is 0.358 e. The van der Waals surface area contributed by atoms with Gasteiger partial charge in [-0.15, -0.1) is 10.2 Å². The number of aromatic carboxylic acids is 1. The van der Waals surface area contributed by atoms with E-state index in [2.05, 4.69) is 34.0 Å². The fourth-order valence-electron chi connectivity index (χ4n) is 2.70. The number of nitrogens with zero attached hydrogens (tertiary/aromatic N) is 5. The molecule has 0 saturated carbocycles. The lowest BCUT2D eigenvalue weighted by Crippen LogP contribution is -2.21. The van der Waals surface area contributed by atoms with Crippen LogP contribution in [0.1, 0.15) is 24.3 Å². The van der Waals surface area contributed by atoms with Crippen molar-refractivity contribution in [2.45, 2.75) is 13.8 Å². The van der Waals surface area contributed by atoms with Crippen molar-refractivity contribution in [2.75, 3.05) is 18.0 Å². The number of fused-ring (bicyclic) bond motifs is 1. The number of pyridine rings is 1. The van der Waals surface area contributed by atoms with Crippen LogP contribution in [0.25, 0.3) is 5.65 Å². The predicted molar refractivity (Wildman–Crippen MR) is 98.0 cm³/mol. The molecule has 2 aromatic heterocycles. The first kappa shape index (κ1) is 17.4. The van der Waals surface area contributed by atoms with Crippen molar-refractivity contribution >= 4 is 28.8 Å². The number of anilines is 1. The molecule has 0 aliphatic carbocycles. The van der Waals surface area contributed by atoms with E-state index >= 15 is 0 Å². The van der Waals surface area contributed by atoms with Gasteiger partial charge in [-0.2, -0.15) is 0 Å². The molecule has 3 rings (SSSR count). The lowest BCUT2D eigenvalue weighted by atomic mass is 10.2. The van der Waals surface area contributed by atoms with Gasteiger partial charge < -0.3 is 15.1 Å². The highest BCUT2D eigenvalue weighted by Crippen LogP contribution is 2.28. The zero-order chi connectivity index (χ0) is 18.7. The molecule has 3 aromatic rings. The summed E-state index contributed by atoms with van der Waals surface area (Å²) < 4.78 is 1.40. The van der Waals surface area contributed by atoms with Crippen LogP contribution in [0.4, 0.5) is 17.2 Å². The maximum atomic E-state index is 11.4. The van der Waals surface area contributed by atoms with Crippen molar-refractivity contribution in [3.05, 3.63) is 48.3 Å². The number of hydrogen-bond acceptors (Lipinski definition) is 6. The van der Waals surface area contributed by atoms with E-state index in [1.807, 2.05) is 24.3 Å². The number of carboxylic acids is 1. The third-order valence-corrected chi connectivity index (χ3v) is 4.05. The number of aromatic nitrogens is 2. The molecule has 0 bridgehead atoms. The topological polar surface area (TPSA) is 103 Å². The van der Waals surface area contributed by atoms with Gasteiger partial charge in [0.05, 0.1) is 5.69 Å². The van der Waals surface area contributed by atoms with Crippen molar-refractivity contribution in [3.63, 3.8) is 0 Å². The molecule has 26 heavy (non-hydrogen) atoms. The Morgan fingerprint density at radius 2 is 1.85 bits per heavy atom. The zero-order valence-electron chi connectivity index (χ0n) is 14.5. The van der Waals surface area contributed by atoms with Crippen LogP contribution < -0.4 is 4.90 Å². The third kappa shape index (κ3) is 3.21. The van der Waals surface area contributed by atoms with Gasteiger partial charge in [-0.05, 0) is 50.2 Å². The Labute approximate surface area is 150 Å². The summed E-state index contributed by atoms with van der Waals surface area (Å²) >= 11 is 0. The van der Waals surface area contributed by atoms with Gasteiger partial charge in [0.25, 0.3) is 0 Å². The van der Waals surface area contributed by atoms with Gasteiger partial charge >= 0.3 is 5.97 Å². The quantitative estimate of drug-likeness (QED) is 0.652. The molecule has 134 valence electrons. The number of benzene rings is 1. The third-order valence-electron chi connectivity index (χ3n) is 4.05. The van der Waals surface area contributed by atoms with Crippen LogP contribution >= 0.6 is 0 Å². The van der Waals surface area contributed by atoms with Gasteiger partial charge in [0.2, 0.25) is 0 Å². The van der Waals surface area contributed by atoms with Crippen molar-refractivity contribution in [3.8, 4) is 5.75 Å². The minimum absolute atomic E-state index is 0.0521. The van der Waals surface area contributed by atoms with Gasteiger partial charge in [-0.1, -0.05) is 0 Å². The molecule has 2 heterocycles. The van der Waals surface area contributed by atoms with Crippen LogP contribution in [0.3, 0.4) is 0 Å². The van der Waals surface area contributed by atoms with Crippen molar-refractivity contribution in [2.24, 2.45) is 10.2 Å². The SMILES string of the molecule is CCN(CC)c1ccc(N=Nc2c(C(=O)O)nc3c(O)cccn23)cc1.